The fourth-order valence-electron chi connectivity index (χ4n) is 1.23. The standard InChI is InChI=1S/C9H13N3/c1-11-7-2-3-8(12-6-7)9(10)4-5-9/h2-3,6,11H,4-5,10H2,1H3. The van der Waals surface area contributed by atoms with Crippen LogP contribution < -0.4 is 11.1 Å². The highest BCUT2D eigenvalue weighted by Crippen LogP contribution is 2.41. The third-order valence-electron chi connectivity index (χ3n) is 2.35. The molecule has 0 aliphatic heterocycles. The number of pyridine rings is 1. The van der Waals surface area contributed by atoms with Crippen LogP contribution in [0.5, 0.6) is 0 Å². The molecule has 0 amide bonds. The normalized spacial score (nSPS) is 18.8. The van der Waals surface area contributed by atoms with Crippen LogP contribution in [0.25, 0.3) is 0 Å². The van der Waals surface area contributed by atoms with Crippen LogP contribution in [0.3, 0.4) is 0 Å². The summed E-state index contributed by atoms with van der Waals surface area (Å²) in [5.41, 5.74) is 7.92. The van der Waals surface area contributed by atoms with Gasteiger partial charge in [0.1, 0.15) is 0 Å². The van der Waals surface area contributed by atoms with Crippen LogP contribution in [0.15, 0.2) is 18.3 Å². The zero-order chi connectivity index (χ0) is 8.60. The molecule has 1 aliphatic carbocycles. The zero-order valence-electron chi connectivity index (χ0n) is 7.17. The highest BCUT2D eigenvalue weighted by molar-refractivity contribution is 5.41. The minimum absolute atomic E-state index is 0.105. The minimum Gasteiger partial charge on any atom is -0.387 e. The highest BCUT2D eigenvalue weighted by Gasteiger charge is 2.41. The molecule has 3 nitrogen and oxygen atoms in total. The van der Waals surface area contributed by atoms with Crippen molar-refractivity contribution in [3.8, 4) is 0 Å². The molecule has 2 rings (SSSR count). The fraction of sp³-hybridized carbons (Fsp3) is 0.444. The number of anilines is 1. The first-order valence-electron chi connectivity index (χ1n) is 4.18. The first-order valence-corrected chi connectivity index (χ1v) is 4.18. The van der Waals surface area contributed by atoms with Crippen molar-refractivity contribution in [3.05, 3.63) is 24.0 Å². The minimum atomic E-state index is -0.105. The smallest absolute Gasteiger partial charge is 0.0604 e. The molecule has 1 fully saturated rings. The monoisotopic (exact) mass is 163 g/mol. The third kappa shape index (κ3) is 1.16. The molecule has 3 N–H and O–H groups in total. The summed E-state index contributed by atoms with van der Waals surface area (Å²) in [5, 5.41) is 3.02. The Hall–Kier alpha value is -1.09. The van der Waals surface area contributed by atoms with Crippen molar-refractivity contribution >= 4 is 5.69 Å². The Morgan fingerprint density at radius 1 is 1.50 bits per heavy atom. The van der Waals surface area contributed by atoms with Crippen molar-refractivity contribution in [1.82, 2.24) is 4.98 Å². The van der Waals surface area contributed by atoms with Gasteiger partial charge in [-0.2, -0.15) is 0 Å². The first kappa shape index (κ1) is 7.55. The second-order valence-corrected chi connectivity index (χ2v) is 3.34. The maximum Gasteiger partial charge on any atom is 0.0604 e. The van der Waals surface area contributed by atoms with Crippen LogP contribution in [-0.2, 0) is 5.54 Å². The van der Waals surface area contributed by atoms with E-state index in [9.17, 15) is 0 Å². The lowest BCUT2D eigenvalue weighted by atomic mass is 10.2. The van der Waals surface area contributed by atoms with E-state index in [1.807, 2.05) is 25.4 Å². The van der Waals surface area contributed by atoms with Crippen molar-refractivity contribution in [2.75, 3.05) is 12.4 Å². The van der Waals surface area contributed by atoms with Gasteiger partial charge in [0.2, 0.25) is 0 Å². The van der Waals surface area contributed by atoms with E-state index in [0.717, 1.165) is 24.2 Å². The van der Waals surface area contributed by atoms with Crippen LogP contribution in [0.4, 0.5) is 5.69 Å². The predicted octanol–water partition coefficient (Wildman–Crippen LogP) is 1.07. The first-order chi connectivity index (χ1) is 5.74. The van der Waals surface area contributed by atoms with E-state index in [1.54, 1.807) is 0 Å². The van der Waals surface area contributed by atoms with E-state index < -0.39 is 0 Å². The van der Waals surface area contributed by atoms with Gasteiger partial charge in [0, 0.05) is 7.05 Å². The Kier molecular flexibility index (Phi) is 1.54. The van der Waals surface area contributed by atoms with Gasteiger partial charge in [-0.25, -0.2) is 0 Å². The molecule has 0 saturated heterocycles. The van der Waals surface area contributed by atoms with Crippen molar-refractivity contribution in [1.29, 1.82) is 0 Å². The largest absolute Gasteiger partial charge is 0.387 e. The van der Waals surface area contributed by atoms with E-state index in [2.05, 4.69) is 10.3 Å². The van der Waals surface area contributed by atoms with Gasteiger partial charge in [-0.1, -0.05) is 0 Å². The maximum absolute atomic E-state index is 5.98. The molecule has 64 valence electrons. The number of nitrogens with zero attached hydrogens (tertiary/aromatic N) is 1. The quantitative estimate of drug-likeness (QED) is 0.685. The van der Waals surface area contributed by atoms with Crippen molar-refractivity contribution in [2.45, 2.75) is 18.4 Å². The van der Waals surface area contributed by atoms with Crippen LogP contribution in [0, 0.1) is 0 Å². The van der Waals surface area contributed by atoms with E-state index in [-0.39, 0.29) is 5.54 Å². The molecule has 1 aliphatic rings. The average Bonchev–Trinajstić information content (AvgIpc) is 2.85. The van der Waals surface area contributed by atoms with Crippen molar-refractivity contribution < 1.29 is 0 Å². The Bertz CT molecular complexity index is 274. The number of rotatable bonds is 2. The molecule has 0 atom stereocenters. The molecule has 3 heteroatoms. The van der Waals surface area contributed by atoms with Gasteiger partial charge in [-0.05, 0) is 25.0 Å². The van der Waals surface area contributed by atoms with Gasteiger partial charge in [0.25, 0.3) is 0 Å². The van der Waals surface area contributed by atoms with Gasteiger partial charge < -0.3 is 11.1 Å². The van der Waals surface area contributed by atoms with Gasteiger partial charge in [-0.3, -0.25) is 4.98 Å². The number of aromatic nitrogens is 1. The van der Waals surface area contributed by atoms with Gasteiger partial charge in [-0.15, -0.1) is 0 Å². The molecule has 1 saturated carbocycles. The Labute approximate surface area is 72.0 Å². The number of hydrogen-bond acceptors (Lipinski definition) is 3. The summed E-state index contributed by atoms with van der Waals surface area (Å²) in [6.07, 6.45) is 3.96. The molecule has 0 aromatic carbocycles. The van der Waals surface area contributed by atoms with E-state index >= 15 is 0 Å². The summed E-state index contributed by atoms with van der Waals surface area (Å²) >= 11 is 0. The lowest BCUT2D eigenvalue weighted by Gasteiger charge is -2.07. The van der Waals surface area contributed by atoms with Gasteiger partial charge in [0.05, 0.1) is 23.1 Å². The van der Waals surface area contributed by atoms with E-state index in [0.29, 0.717) is 0 Å². The lowest BCUT2D eigenvalue weighted by Crippen LogP contribution is -2.20. The van der Waals surface area contributed by atoms with Gasteiger partial charge in [0.15, 0.2) is 0 Å². The maximum atomic E-state index is 5.98. The number of nitrogens with two attached hydrogens (primary N) is 1. The SMILES string of the molecule is CNc1ccc(C2(N)CC2)nc1. The number of nitrogens with one attached hydrogen (secondary N) is 1. The second kappa shape index (κ2) is 2.45. The van der Waals surface area contributed by atoms with E-state index in [4.69, 9.17) is 5.73 Å². The Balaban J connectivity index is 2.25. The molecular formula is C9H13N3. The molecular weight excluding hydrogens is 150 g/mol. The van der Waals surface area contributed by atoms with Gasteiger partial charge >= 0.3 is 0 Å². The van der Waals surface area contributed by atoms with Crippen LogP contribution in [-0.4, -0.2) is 12.0 Å². The number of hydrogen-bond donors (Lipinski definition) is 2. The third-order valence-corrected chi connectivity index (χ3v) is 2.35. The summed E-state index contributed by atoms with van der Waals surface area (Å²) < 4.78 is 0. The zero-order valence-corrected chi connectivity index (χ0v) is 7.17. The average molecular weight is 163 g/mol. The highest BCUT2D eigenvalue weighted by atomic mass is 14.9. The summed E-state index contributed by atoms with van der Waals surface area (Å²) in [6, 6.07) is 4.01. The predicted molar refractivity (Wildman–Crippen MR) is 48.9 cm³/mol. The van der Waals surface area contributed by atoms with Crippen molar-refractivity contribution in [3.63, 3.8) is 0 Å². The molecule has 0 radical (unpaired) electrons. The summed E-state index contributed by atoms with van der Waals surface area (Å²) in [7, 11) is 1.88. The topological polar surface area (TPSA) is 50.9 Å². The Morgan fingerprint density at radius 3 is 2.67 bits per heavy atom. The molecule has 0 spiro atoms. The summed E-state index contributed by atoms with van der Waals surface area (Å²) in [6.45, 7) is 0. The molecule has 12 heavy (non-hydrogen) atoms. The summed E-state index contributed by atoms with van der Waals surface area (Å²) in [5.74, 6) is 0. The molecule has 0 unspecified atom stereocenters. The van der Waals surface area contributed by atoms with E-state index in [1.165, 1.54) is 0 Å². The molecule has 1 aromatic heterocycles. The van der Waals surface area contributed by atoms with Crippen LogP contribution >= 0.6 is 0 Å². The summed E-state index contributed by atoms with van der Waals surface area (Å²) in [4.78, 5) is 4.30. The lowest BCUT2D eigenvalue weighted by molar-refractivity contribution is 0.708. The molecule has 0 bridgehead atoms. The second-order valence-electron chi connectivity index (χ2n) is 3.34. The Morgan fingerprint density at radius 2 is 2.25 bits per heavy atom. The molecule has 1 heterocycles. The molecule has 1 aromatic rings. The van der Waals surface area contributed by atoms with Crippen molar-refractivity contribution in [2.24, 2.45) is 5.73 Å². The fourth-order valence-corrected chi connectivity index (χ4v) is 1.23. The van der Waals surface area contributed by atoms with Crippen LogP contribution in [0.1, 0.15) is 18.5 Å². The van der Waals surface area contributed by atoms with Crippen LogP contribution in [0.2, 0.25) is 0 Å².